The molecule has 5 nitrogen and oxygen atoms in total. The predicted octanol–water partition coefficient (Wildman–Crippen LogP) is 3.75. The molecule has 132 valence electrons. The van der Waals surface area contributed by atoms with Crippen LogP contribution in [0.5, 0.6) is 0 Å². The van der Waals surface area contributed by atoms with Gasteiger partial charge in [0.2, 0.25) is 0 Å². The third-order valence-corrected chi connectivity index (χ3v) is 6.74. The van der Waals surface area contributed by atoms with Crippen molar-refractivity contribution in [1.82, 2.24) is 19.9 Å². The Bertz CT molecular complexity index is 921. The second kappa shape index (κ2) is 6.45. The number of fused-ring (bicyclic) bond motifs is 3. The van der Waals surface area contributed by atoms with Crippen molar-refractivity contribution in [3.8, 4) is 21.7 Å². The molecule has 0 spiro atoms. The summed E-state index contributed by atoms with van der Waals surface area (Å²) in [5, 5.41) is 8.85. The number of hydrogen-bond acceptors (Lipinski definition) is 5. The second-order valence-corrected chi connectivity index (χ2v) is 8.30. The molecule has 3 aliphatic heterocycles. The molecule has 0 aliphatic carbocycles. The van der Waals surface area contributed by atoms with E-state index >= 15 is 0 Å². The molecule has 26 heavy (non-hydrogen) atoms. The Morgan fingerprint density at radius 1 is 1.04 bits per heavy atom. The Hall–Kier alpha value is -2.31. The lowest BCUT2D eigenvalue weighted by molar-refractivity contribution is 0.0504. The highest BCUT2D eigenvalue weighted by Gasteiger charge is 2.35. The molecular weight excluding hydrogens is 344 g/mol. The smallest absolute Gasteiger partial charge is 0.160 e. The van der Waals surface area contributed by atoms with Crippen molar-refractivity contribution in [2.45, 2.75) is 18.9 Å². The monoisotopic (exact) mass is 364 g/mol. The van der Waals surface area contributed by atoms with Crippen molar-refractivity contribution < 1.29 is 4.79 Å². The molecule has 1 aromatic carbocycles. The molecule has 3 saturated heterocycles. The SMILES string of the molecule is O=Cc1ccc(-c2ccc(-c3cn([C@H]4CN5CCC4CC5)nn3)cc2)s1. The number of rotatable bonds is 4. The number of aldehydes is 1. The molecule has 2 aromatic heterocycles. The van der Waals surface area contributed by atoms with E-state index in [1.807, 2.05) is 12.1 Å². The van der Waals surface area contributed by atoms with E-state index in [9.17, 15) is 4.79 Å². The molecule has 0 amide bonds. The number of nitrogens with zero attached hydrogens (tertiary/aromatic N) is 4. The summed E-state index contributed by atoms with van der Waals surface area (Å²) in [5.74, 6) is 0.739. The minimum atomic E-state index is 0.464. The normalized spacial score (nSPS) is 24.7. The second-order valence-electron chi connectivity index (χ2n) is 7.19. The van der Waals surface area contributed by atoms with Gasteiger partial charge in [0.15, 0.2) is 6.29 Å². The zero-order valence-corrected chi connectivity index (χ0v) is 15.2. The van der Waals surface area contributed by atoms with Crippen molar-refractivity contribution in [3.05, 3.63) is 47.5 Å². The van der Waals surface area contributed by atoms with Gasteiger partial charge in [-0.3, -0.25) is 4.79 Å². The van der Waals surface area contributed by atoms with Crippen LogP contribution >= 0.6 is 11.3 Å². The van der Waals surface area contributed by atoms with Crippen LogP contribution in [0.4, 0.5) is 0 Å². The van der Waals surface area contributed by atoms with Gasteiger partial charge in [-0.25, -0.2) is 4.68 Å². The highest BCUT2D eigenvalue weighted by Crippen LogP contribution is 2.36. The molecule has 3 aliphatic rings. The van der Waals surface area contributed by atoms with E-state index in [0.29, 0.717) is 6.04 Å². The minimum absolute atomic E-state index is 0.464. The van der Waals surface area contributed by atoms with Gasteiger partial charge < -0.3 is 4.90 Å². The Labute approximate surface area is 156 Å². The maximum Gasteiger partial charge on any atom is 0.160 e. The topological polar surface area (TPSA) is 51.0 Å². The zero-order valence-electron chi connectivity index (χ0n) is 14.4. The molecule has 0 unspecified atom stereocenters. The third kappa shape index (κ3) is 2.79. The van der Waals surface area contributed by atoms with Crippen LogP contribution in [0.1, 0.15) is 28.6 Å². The zero-order chi connectivity index (χ0) is 17.5. The van der Waals surface area contributed by atoms with Gasteiger partial charge in [0, 0.05) is 17.0 Å². The van der Waals surface area contributed by atoms with E-state index in [2.05, 4.69) is 50.4 Å². The summed E-state index contributed by atoms with van der Waals surface area (Å²) in [6.45, 7) is 3.57. The number of piperidine rings is 3. The van der Waals surface area contributed by atoms with Crippen molar-refractivity contribution >= 4 is 17.6 Å². The number of aromatic nitrogens is 3. The molecule has 3 aromatic rings. The van der Waals surface area contributed by atoms with Gasteiger partial charge in [0.25, 0.3) is 0 Å². The van der Waals surface area contributed by atoms with E-state index in [4.69, 9.17) is 0 Å². The Morgan fingerprint density at radius 2 is 1.81 bits per heavy atom. The number of carbonyl (C=O) groups excluding carboxylic acids is 1. The van der Waals surface area contributed by atoms with Crippen LogP contribution in [0, 0.1) is 5.92 Å². The van der Waals surface area contributed by atoms with Crippen LogP contribution in [-0.2, 0) is 0 Å². The largest absolute Gasteiger partial charge is 0.301 e. The average Bonchev–Trinajstić information content (AvgIpc) is 3.39. The molecule has 6 heteroatoms. The molecule has 0 saturated carbocycles. The van der Waals surface area contributed by atoms with Gasteiger partial charge in [-0.2, -0.15) is 0 Å². The quantitative estimate of drug-likeness (QED) is 0.662. The Balaban J connectivity index is 1.37. The molecular formula is C20H20N4OS. The summed E-state index contributed by atoms with van der Waals surface area (Å²) in [4.78, 5) is 15.3. The predicted molar refractivity (Wildman–Crippen MR) is 102 cm³/mol. The van der Waals surface area contributed by atoms with Crippen LogP contribution in [0.25, 0.3) is 21.7 Å². The fourth-order valence-electron chi connectivity index (χ4n) is 4.18. The maximum atomic E-state index is 10.9. The molecule has 1 atom stereocenters. The lowest BCUT2D eigenvalue weighted by Crippen LogP contribution is -2.48. The number of thiophene rings is 1. The first-order valence-corrected chi connectivity index (χ1v) is 9.92. The van der Waals surface area contributed by atoms with Crippen LogP contribution < -0.4 is 0 Å². The minimum Gasteiger partial charge on any atom is -0.301 e. The highest BCUT2D eigenvalue weighted by molar-refractivity contribution is 7.17. The first-order valence-electron chi connectivity index (χ1n) is 9.10. The van der Waals surface area contributed by atoms with Crippen LogP contribution in [0.3, 0.4) is 0 Å². The van der Waals surface area contributed by atoms with Crippen molar-refractivity contribution in [2.75, 3.05) is 19.6 Å². The standard InChI is InChI=1S/C20H20N4OS/c25-13-17-5-6-20(26-17)16-3-1-14(2-4-16)18-11-24(22-21-18)19-12-23-9-7-15(19)8-10-23/h1-6,11,13,15,19H,7-10,12H2/t19-/m0/s1. The number of carbonyl (C=O) groups is 1. The Morgan fingerprint density at radius 3 is 2.46 bits per heavy atom. The average molecular weight is 364 g/mol. The molecule has 2 bridgehead atoms. The van der Waals surface area contributed by atoms with E-state index in [1.165, 1.54) is 37.3 Å². The molecule has 6 rings (SSSR count). The molecule has 3 fully saturated rings. The lowest BCUT2D eigenvalue weighted by atomic mass is 9.84. The number of benzene rings is 1. The van der Waals surface area contributed by atoms with Crippen molar-refractivity contribution in [1.29, 1.82) is 0 Å². The van der Waals surface area contributed by atoms with Crippen LogP contribution in [-0.4, -0.2) is 45.8 Å². The van der Waals surface area contributed by atoms with Gasteiger partial charge in [-0.1, -0.05) is 29.5 Å². The summed E-state index contributed by atoms with van der Waals surface area (Å²) in [7, 11) is 0. The Kier molecular flexibility index (Phi) is 3.94. The van der Waals surface area contributed by atoms with Gasteiger partial charge in [-0.05, 0) is 49.5 Å². The van der Waals surface area contributed by atoms with Crippen LogP contribution in [0.2, 0.25) is 0 Å². The molecule has 0 radical (unpaired) electrons. The van der Waals surface area contributed by atoms with E-state index in [1.54, 1.807) is 0 Å². The third-order valence-electron chi connectivity index (χ3n) is 5.68. The van der Waals surface area contributed by atoms with Crippen LogP contribution in [0.15, 0.2) is 42.6 Å². The van der Waals surface area contributed by atoms with Crippen molar-refractivity contribution in [3.63, 3.8) is 0 Å². The van der Waals surface area contributed by atoms with Crippen molar-refractivity contribution in [2.24, 2.45) is 5.92 Å². The summed E-state index contributed by atoms with van der Waals surface area (Å²) < 4.78 is 2.08. The first-order chi connectivity index (χ1) is 12.8. The summed E-state index contributed by atoms with van der Waals surface area (Å²) in [5.41, 5.74) is 3.12. The molecule has 5 heterocycles. The fraction of sp³-hybridized carbons (Fsp3) is 0.350. The van der Waals surface area contributed by atoms with E-state index < -0.39 is 0 Å². The fourth-order valence-corrected chi connectivity index (χ4v) is 5.01. The highest BCUT2D eigenvalue weighted by atomic mass is 32.1. The lowest BCUT2D eigenvalue weighted by Gasteiger charge is -2.44. The van der Waals surface area contributed by atoms with E-state index in [-0.39, 0.29) is 0 Å². The van der Waals surface area contributed by atoms with Gasteiger partial charge in [0.1, 0.15) is 5.69 Å². The van der Waals surface area contributed by atoms with Gasteiger partial charge in [-0.15, -0.1) is 16.4 Å². The van der Waals surface area contributed by atoms with Gasteiger partial charge >= 0.3 is 0 Å². The summed E-state index contributed by atoms with van der Waals surface area (Å²) >= 11 is 1.51. The molecule has 0 N–H and O–H groups in total. The maximum absolute atomic E-state index is 10.9. The van der Waals surface area contributed by atoms with Gasteiger partial charge in [0.05, 0.1) is 17.1 Å². The summed E-state index contributed by atoms with van der Waals surface area (Å²) in [6, 6.07) is 12.7. The first kappa shape index (κ1) is 15.9. The summed E-state index contributed by atoms with van der Waals surface area (Å²) in [6.07, 6.45) is 5.54. The van der Waals surface area contributed by atoms with E-state index in [0.717, 1.165) is 45.3 Å². The number of hydrogen-bond donors (Lipinski definition) is 0.